The monoisotopic (exact) mass is 380 g/mol. The maximum absolute atomic E-state index is 6.12. The van der Waals surface area contributed by atoms with Crippen LogP contribution in [0.5, 0.6) is 0 Å². The van der Waals surface area contributed by atoms with E-state index in [9.17, 15) is 0 Å². The molecule has 0 atom stereocenters. The molecule has 136 valence electrons. The highest BCUT2D eigenvalue weighted by atomic mass is 35.5. The average Bonchev–Trinajstić information content (AvgIpc) is 2.99. The number of amidine groups is 2. The third-order valence-electron chi connectivity index (χ3n) is 4.27. The molecule has 0 saturated carbocycles. The van der Waals surface area contributed by atoms with Crippen molar-refractivity contribution >= 4 is 34.5 Å². The second-order valence-corrected chi connectivity index (χ2v) is 6.76. The summed E-state index contributed by atoms with van der Waals surface area (Å²) in [6.07, 6.45) is 2.11. The SMILES string of the molecule is CCN(CC)c1ccc(C=C2SC(=[N+]3CCOCC3)N=C2N)cc1.[Cl-]. The number of anilines is 1. The summed E-state index contributed by atoms with van der Waals surface area (Å²) >= 11 is 1.65. The molecule has 1 fully saturated rings. The first-order chi connectivity index (χ1) is 11.7. The molecular weight excluding hydrogens is 356 g/mol. The van der Waals surface area contributed by atoms with Gasteiger partial charge in [-0.25, -0.2) is 4.58 Å². The Hall–Kier alpha value is -1.50. The zero-order valence-electron chi connectivity index (χ0n) is 14.7. The lowest BCUT2D eigenvalue weighted by atomic mass is 10.1. The normalized spacial score (nSPS) is 19.0. The number of morpholine rings is 1. The lowest BCUT2D eigenvalue weighted by Gasteiger charge is -2.20. The Balaban J connectivity index is 0.00000225. The van der Waals surface area contributed by atoms with Gasteiger partial charge in [-0.3, -0.25) is 0 Å². The summed E-state index contributed by atoms with van der Waals surface area (Å²) < 4.78 is 7.64. The maximum atomic E-state index is 6.12. The molecule has 0 amide bonds. The van der Waals surface area contributed by atoms with Crippen molar-refractivity contribution in [3.63, 3.8) is 0 Å². The molecular formula is C18H25ClN4OS. The molecule has 0 aliphatic carbocycles. The molecule has 0 bridgehead atoms. The third kappa shape index (κ3) is 4.77. The number of thioether (sulfide) groups is 1. The second-order valence-electron chi connectivity index (χ2n) is 5.75. The molecule has 1 saturated heterocycles. The lowest BCUT2D eigenvalue weighted by molar-refractivity contribution is -0.547. The molecule has 0 aromatic heterocycles. The zero-order valence-corrected chi connectivity index (χ0v) is 16.3. The van der Waals surface area contributed by atoms with Gasteiger partial charge in [0, 0.05) is 30.5 Å². The van der Waals surface area contributed by atoms with Crippen LogP contribution in [0.15, 0.2) is 34.2 Å². The minimum Gasteiger partial charge on any atom is -1.00 e. The molecule has 2 heterocycles. The van der Waals surface area contributed by atoms with Crippen molar-refractivity contribution in [1.29, 1.82) is 0 Å². The summed E-state index contributed by atoms with van der Waals surface area (Å²) in [7, 11) is 0. The number of hydrogen-bond donors (Lipinski definition) is 1. The number of nitrogens with two attached hydrogens (primary N) is 1. The van der Waals surface area contributed by atoms with Crippen molar-refractivity contribution in [2.24, 2.45) is 10.7 Å². The summed E-state index contributed by atoms with van der Waals surface area (Å²) in [5.74, 6) is 0.606. The van der Waals surface area contributed by atoms with Gasteiger partial charge in [-0.1, -0.05) is 12.1 Å². The summed E-state index contributed by atoms with van der Waals surface area (Å²) in [6, 6.07) is 8.61. The minimum atomic E-state index is 0. The van der Waals surface area contributed by atoms with Gasteiger partial charge in [0.2, 0.25) is 0 Å². The molecule has 3 rings (SSSR count). The van der Waals surface area contributed by atoms with Crippen LogP contribution in [0.1, 0.15) is 19.4 Å². The van der Waals surface area contributed by atoms with E-state index in [2.05, 4.69) is 58.7 Å². The predicted octanol–water partition coefficient (Wildman–Crippen LogP) is -0.620. The second kappa shape index (κ2) is 9.27. The van der Waals surface area contributed by atoms with Crippen LogP contribution < -0.4 is 23.0 Å². The number of rotatable bonds is 4. The molecule has 0 radical (unpaired) electrons. The van der Waals surface area contributed by atoms with E-state index < -0.39 is 0 Å². The fraction of sp³-hybridized carbons (Fsp3) is 0.444. The first kappa shape index (κ1) is 19.8. The van der Waals surface area contributed by atoms with E-state index in [1.54, 1.807) is 11.8 Å². The van der Waals surface area contributed by atoms with Crippen LogP contribution in [-0.2, 0) is 4.74 Å². The molecule has 5 nitrogen and oxygen atoms in total. The van der Waals surface area contributed by atoms with Crippen molar-refractivity contribution in [3.8, 4) is 0 Å². The summed E-state index contributed by atoms with van der Waals surface area (Å²) in [5.41, 5.74) is 8.52. The van der Waals surface area contributed by atoms with Crippen molar-refractivity contribution < 1.29 is 21.7 Å². The molecule has 25 heavy (non-hydrogen) atoms. The van der Waals surface area contributed by atoms with Gasteiger partial charge in [0.05, 0.1) is 18.1 Å². The molecule has 1 aromatic rings. The largest absolute Gasteiger partial charge is 1.00 e. The van der Waals surface area contributed by atoms with Gasteiger partial charge in [-0.2, -0.15) is 0 Å². The van der Waals surface area contributed by atoms with Gasteiger partial charge in [0.15, 0.2) is 0 Å². The Kier molecular flexibility index (Phi) is 7.35. The van der Waals surface area contributed by atoms with Crippen LogP contribution >= 0.6 is 11.8 Å². The number of hydrogen-bond acceptors (Lipinski definition) is 4. The molecule has 0 unspecified atom stereocenters. The van der Waals surface area contributed by atoms with E-state index in [0.29, 0.717) is 5.84 Å². The van der Waals surface area contributed by atoms with Gasteiger partial charge in [-0.15, -0.1) is 0 Å². The number of nitrogens with zero attached hydrogens (tertiary/aromatic N) is 3. The Morgan fingerprint density at radius 2 is 1.84 bits per heavy atom. The van der Waals surface area contributed by atoms with Crippen LogP contribution in [0.4, 0.5) is 5.69 Å². The van der Waals surface area contributed by atoms with Crippen LogP contribution in [0, 0.1) is 0 Å². The molecule has 1 aromatic carbocycles. The Labute approximate surface area is 160 Å². The van der Waals surface area contributed by atoms with E-state index in [1.807, 2.05) is 0 Å². The van der Waals surface area contributed by atoms with Crippen molar-refractivity contribution in [2.45, 2.75) is 13.8 Å². The van der Waals surface area contributed by atoms with Crippen LogP contribution in [0.25, 0.3) is 6.08 Å². The highest BCUT2D eigenvalue weighted by Crippen LogP contribution is 2.28. The highest BCUT2D eigenvalue weighted by molar-refractivity contribution is 8.18. The highest BCUT2D eigenvalue weighted by Gasteiger charge is 2.29. The molecule has 2 aliphatic heterocycles. The molecule has 2 aliphatic rings. The Bertz CT molecular complexity index is 673. The third-order valence-corrected chi connectivity index (χ3v) is 5.35. The van der Waals surface area contributed by atoms with E-state index in [-0.39, 0.29) is 12.4 Å². The van der Waals surface area contributed by atoms with Gasteiger partial charge in [-0.05, 0) is 42.6 Å². The number of benzene rings is 1. The van der Waals surface area contributed by atoms with Gasteiger partial charge >= 0.3 is 5.17 Å². The van der Waals surface area contributed by atoms with Gasteiger partial charge < -0.3 is 27.8 Å². The van der Waals surface area contributed by atoms with Crippen molar-refractivity contribution in [2.75, 3.05) is 44.3 Å². The Morgan fingerprint density at radius 1 is 1.20 bits per heavy atom. The molecule has 2 N–H and O–H groups in total. The average molecular weight is 381 g/mol. The van der Waals surface area contributed by atoms with E-state index in [4.69, 9.17) is 10.5 Å². The first-order valence-corrected chi connectivity index (χ1v) is 9.31. The number of ether oxygens (including phenoxy) is 1. The van der Waals surface area contributed by atoms with E-state index in [1.165, 1.54) is 5.69 Å². The Morgan fingerprint density at radius 3 is 2.44 bits per heavy atom. The van der Waals surface area contributed by atoms with Gasteiger partial charge in [0.25, 0.3) is 5.84 Å². The molecule has 7 heteroatoms. The summed E-state index contributed by atoms with van der Waals surface area (Å²) in [5, 5.41) is 0.988. The number of aliphatic imine (C=N–C) groups is 1. The maximum Gasteiger partial charge on any atom is 0.362 e. The van der Waals surface area contributed by atoms with Crippen LogP contribution in [-0.4, -0.2) is 55.0 Å². The van der Waals surface area contributed by atoms with Crippen LogP contribution in [0.3, 0.4) is 0 Å². The fourth-order valence-corrected chi connectivity index (χ4v) is 3.84. The molecule has 0 spiro atoms. The lowest BCUT2D eigenvalue weighted by Crippen LogP contribution is -3.00. The quantitative estimate of drug-likeness (QED) is 0.707. The topological polar surface area (TPSA) is 53.9 Å². The van der Waals surface area contributed by atoms with Gasteiger partial charge in [0.1, 0.15) is 13.1 Å². The number of halogens is 1. The first-order valence-electron chi connectivity index (χ1n) is 8.50. The van der Waals surface area contributed by atoms with Crippen LogP contribution in [0.2, 0.25) is 0 Å². The van der Waals surface area contributed by atoms with Crippen molar-refractivity contribution in [1.82, 2.24) is 0 Å². The fourth-order valence-electron chi connectivity index (χ4n) is 2.85. The summed E-state index contributed by atoms with van der Waals surface area (Å²) in [6.45, 7) is 9.66. The zero-order chi connectivity index (χ0) is 16.9. The minimum absolute atomic E-state index is 0. The van der Waals surface area contributed by atoms with E-state index >= 15 is 0 Å². The smallest absolute Gasteiger partial charge is 0.362 e. The van der Waals surface area contributed by atoms with Crippen molar-refractivity contribution in [3.05, 3.63) is 34.7 Å². The summed E-state index contributed by atoms with van der Waals surface area (Å²) in [4.78, 5) is 7.89. The standard InChI is InChI=1S/C18H24N4OS.ClH/c1-3-21(4-2)15-7-5-14(6-8-15)13-16-17(19)20-18(24-16)22-9-11-23-12-10-22;/h5-8,13,19H,3-4,9-12H2,1-2H3;1H. The predicted molar refractivity (Wildman–Crippen MR) is 103 cm³/mol. The van der Waals surface area contributed by atoms with E-state index in [0.717, 1.165) is 55.0 Å².